The lowest BCUT2D eigenvalue weighted by atomic mass is 10.1. The molecule has 41 heavy (non-hydrogen) atoms. The number of likely N-dealkylation sites (N-methyl/N-ethyl adjacent to an activating group) is 2. The lowest BCUT2D eigenvalue weighted by molar-refractivity contribution is 0.0666. The molecule has 2 aliphatic heterocycles. The van der Waals surface area contributed by atoms with Crippen LogP contribution in [-0.4, -0.2) is 107 Å². The van der Waals surface area contributed by atoms with E-state index in [1.54, 1.807) is 10.7 Å². The van der Waals surface area contributed by atoms with Gasteiger partial charge >= 0.3 is 0 Å². The number of rotatable bonds is 5. The van der Waals surface area contributed by atoms with Gasteiger partial charge in [0.05, 0.1) is 17.3 Å². The number of aromatic amines is 1. The molecule has 10 nitrogen and oxygen atoms in total. The topological polar surface area (TPSA) is 88.0 Å². The second kappa shape index (κ2) is 10.5. The van der Waals surface area contributed by atoms with Gasteiger partial charge in [0, 0.05) is 87.1 Å². The van der Waals surface area contributed by atoms with Crippen molar-refractivity contribution in [3.8, 4) is 11.1 Å². The van der Waals surface area contributed by atoms with Crippen molar-refractivity contribution in [3.63, 3.8) is 0 Å². The molecule has 2 N–H and O–H groups in total. The van der Waals surface area contributed by atoms with Crippen molar-refractivity contribution < 1.29 is 4.79 Å². The van der Waals surface area contributed by atoms with Crippen LogP contribution in [0.2, 0.25) is 0 Å². The summed E-state index contributed by atoms with van der Waals surface area (Å²) in [6.07, 6.45) is 5.59. The number of hydrogen-bond acceptors (Lipinski definition) is 7. The zero-order valence-corrected chi connectivity index (χ0v) is 23.5. The molecule has 1 amide bonds. The minimum atomic E-state index is 0.0400. The lowest BCUT2D eigenvalue weighted by Crippen LogP contribution is -2.47. The second-order valence-corrected chi connectivity index (χ2v) is 11.2. The zero-order chi connectivity index (χ0) is 27.9. The van der Waals surface area contributed by atoms with Gasteiger partial charge in [-0.1, -0.05) is 6.07 Å². The van der Waals surface area contributed by atoms with Gasteiger partial charge in [0.15, 0.2) is 0 Å². The molecule has 2 fully saturated rings. The van der Waals surface area contributed by atoms with Crippen molar-refractivity contribution in [2.24, 2.45) is 0 Å². The molecule has 0 aliphatic carbocycles. The Balaban J connectivity index is 1.13. The van der Waals surface area contributed by atoms with Gasteiger partial charge in [-0.3, -0.25) is 4.79 Å². The van der Waals surface area contributed by atoms with Crippen molar-refractivity contribution in [2.45, 2.75) is 0 Å². The summed E-state index contributed by atoms with van der Waals surface area (Å²) < 4.78 is 1.78. The van der Waals surface area contributed by atoms with Gasteiger partial charge < -0.3 is 29.9 Å². The summed E-state index contributed by atoms with van der Waals surface area (Å²) in [4.78, 5) is 30.5. The molecular weight excluding hydrogens is 514 g/mol. The fourth-order valence-electron chi connectivity index (χ4n) is 5.80. The minimum Gasteiger partial charge on any atom is -0.369 e. The molecule has 6 heterocycles. The van der Waals surface area contributed by atoms with Gasteiger partial charge in [0.25, 0.3) is 5.91 Å². The van der Waals surface area contributed by atoms with Gasteiger partial charge in [-0.15, -0.1) is 0 Å². The Kier molecular flexibility index (Phi) is 6.56. The number of anilines is 3. The number of carbonyl (C=O) groups excluding carboxylic acids is 1. The second-order valence-electron chi connectivity index (χ2n) is 11.2. The van der Waals surface area contributed by atoms with E-state index in [-0.39, 0.29) is 5.91 Å². The lowest BCUT2D eigenvalue weighted by Gasteiger charge is -2.34. The Morgan fingerprint density at radius 2 is 1.68 bits per heavy atom. The van der Waals surface area contributed by atoms with E-state index in [4.69, 9.17) is 4.98 Å². The third-order valence-corrected chi connectivity index (χ3v) is 8.38. The van der Waals surface area contributed by atoms with Crippen LogP contribution in [0.1, 0.15) is 10.4 Å². The number of piperazine rings is 2. The number of hydrogen-bond donors (Lipinski definition) is 2. The molecule has 2 saturated heterocycles. The van der Waals surface area contributed by atoms with Crippen LogP contribution >= 0.6 is 0 Å². The van der Waals surface area contributed by atoms with Gasteiger partial charge in [-0.05, 0) is 62.1 Å². The summed E-state index contributed by atoms with van der Waals surface area (Å²) in [5, 5.41) is 8.96. The fourth-order valence-corrected chi connectivity index (χ4v) is 5.80. The van der Waals surface area contributed by atoms with Crippen LogP contribution in [0.3, 0.4) is 0 Å². The van der Waals surface area contributed by atoms with E-state index in [1.807, 2.05) is 29.4 Å². The Labute approximate surface area is 239 Å². The number of fused-ring (bicyclic) bond motifs is 2. The average molecular weight is 550 g/mol. The number of nitrogens with zero attached hydrogens (tertiary/aromatic N) is 7. The predicted molar refractivity (Wildman–Crippen MR) is 163 cm³/mol. The zero-order valence-electron chi connectivity index (χ0n) is 23.5. The Hall–Kier alpha value is -4.41. The number of H-pyrrole nitrogens is 1. The minimum absolute atomic E-state index is 0.0400. The summed E-state index contributed by atoms with van der Waals surface area (Å²) in [6, 6.07) is 16.7. The smallest absolute Gasteiger partial charge is 0.257 e. The number of amides is 1. The predicted octanol–water partition coefficient (Wildman–Crippen LogP) is 3.76. The Morgan fingerprint density at radius 1 is 0.902 bits per heavy atom. The number of carbonyl (C=O) groups is 1. The third kappa shape index (κ3) is 5.00. The Morgan fingerprint density at radius 3 is 2.49 bits per heavy atom. The monoisotopic (exact) mass is 549 g/mol. The van der Waals surface area contributed by atoms with E-state index in [0.29, 0.717) is 5.56 Å². The molecule has 0 unspecified atom stereocenters. The molecule has 4 aromatic heterocycles. The highest BCUT2D eigenvalue weighted by Gasteiger charge is 2.23. The SMILES string of the molecule is CN1CCN(C(=O)c2cnn3ccc(-c4c[nH]c5nc(Nc6cccc(N7CCN(C)CC7)c6)ccc45)cc23)CC1. The molecule has 1 aromatic carbocycles. The number of aromatic nitrogens is 4. The first-order valence-electron chi connectivity index (χ1n) is 14.3. The van der Waals surface area contributed by atoms with E-state index in [0.717, 1.165) is 91.5 Å². The van der Waals surface area contributed by atoms with E-state index in [9.17, 15) is 4.79 Å². The van der Waals surface area contributed by atoms with Crippen LogP contribution < -0.4 is 10.2 Å². The van der Waals surface area contributed by atoms with Gasteiger partial charge in [0.2, 0.25) is 0 Å². The van der Waals surface area contributed by atoms with Crippen LogP contribution in [0.4, 0.5) is 17.2 Å². The summed E-state index contributed by atoms with van der Waals surface area (Å²) in [5.41, 5.74) is 6.56. The van der Waals surface area contributed by atoms with E-state index in [1.165, 1.54) is 5.69 Å². The van der Waals surface area contributed by atoms with Gasteiger partial charge in [0.1, 0.15) is 11.5 Å². The number of pyridine rings is 2. The van der Waals surface area contributed by atoms with Crippen LogP contribution in [0, 0.1) is 0 Å². The van der Waals surface area contributed by atoms with Crippen molar-refractivity contribution in [2.75, 3.05) is 76.7 Å². The summed E-state index contributed by atoms with van der Waals surface area (Å²) >= 11 is 0. The first kappa shape index (κ1) is 25.6. The number of benzene rings is 1. The first-order chi connectivity index (χ1) is 20.0. The average Bonchev–Trinajstić information content (AvgIpc) is 3.61. The maximum absolute atomic E-state index is 13.3. The van der Waals surface area contributed by atoms with Gasteiger partial charge in [-0.2, -0.15) is 5.10 Å². The standard InChI is InChI=1S/C31H35N9O/c1-36-10-14-38(15-11-36)24-5-3-4-23(19-24)34-29-7-6-25-26(20-32-30(25)35-29)22-8-9-40-28(18-22)27(21-33-40)31(41)39-16-12-37(2)13-17-39/h3-9,18-21H,10-17H2,1-2H3,(H2,32,34,35). The molecule has 7 rings (SSSR count). The van der Waals surface area contributed by atoms with Crippen LogP contribution in [-0.2, 0) is 0 Å². The largest absolute Gasteiger partial charge is 0.369 e. The highest BCUT2D eigenvalue weighted by molar-refractivity contribution is 6.02. The highest BCUT2D eigenvalue weighted by atomic mass is 16.2. The summed E-state index contributed by atoms with van der Waals surface area (Å²) in [5.74, 6) is 0.825. The molecule has 0 bridgehead atoms. The third-order valence-electron chi connectivity index (χ3n) is 8.38. The maximum Gasteiger partial charge on any atom is 0.257 e. The highest BCUT2D eigenvalue weighted by Crippen LogP contribution is 2.31. The Bertz CT molecular complexity index is 1710. The molecule has 0 atom stereocenters. The molecule has 210 valence electrons. The summed E-state index contributed by atoms with van der Waals surface area (Å²) in [7, 11) is 4.26. The fraction of sp³-hybridized carbons (Fsp3) is 0.323. The first-order valence-corrected chi connectivity index (χ1v) is 14.3. The van der Waals surface area contributed by atoms with E-state index in [2.05, 4.69) is 80.6 Å². The van der Waals surface area contributed by atoms with Crippen LogP contribution in [0.15, 0.2) is 67.1 Å². The van der Waals surface area contributed by atoms with E-state index >= 15 is 0 Å². The molecule has 5 aromatic rings. The molecule has 0 saturated carbocycles. The van der Waals surface area contributed by atoms with Crippen molar-refractivity contribution in [3.05, 3.63) is 72.7 Å². The van der Waals surface area contributed by atoms with Crippen LogP contribution in [0.25, 0.3) is 27.7 Å². The van der Waals surface area contributed by atoms with Crippen molar-refractivity contribution in [1.29, 1.82) is 0 Å². The molecule has 0 radical (unpaired) electrons. The van der Waals surface area contributed by atoms with Gasteiger partial charge in [-0.25, -0.2) is 9.50 Å². The van der Waals surface area contributed by atoms with Crippen molar-refractivity contribution in [1.82, 2.24) is 34.3 Å². The normalized spacial score (nSPS) is 17.0. The van der Waals surface area contributed by atoms with Crippen molar-refractivity contribution >= 4 is 39.6 Å². The molecule has 2 aliphatic rings. The molecule has 10 heteroatoms. The maximum atomic E-state index is 13.3. The molecular formula is C31H35N9O. The summed E-state index contributed by atoms with van der Waals surface area (Å²) in [6.45, 7) is 7.46. The van der Waals surface area contributed by atoms with Crippen LogP contribution in [0.5, 0.6) is 0 Å². The molecule has 0 spiro atoms. The van der Waals surface area contributed by atoms with E-state index < -0.39 is 0 Å². The quantitative estimate of drug-likeness (QED) is 0.345. The number of nitrogens with one attached hydrogen (secondary N) is 2.